The van der Waals surface area contributed by atoms with Crippen LogP contribution in [0, 0.1) is 0 Å². The smallest absolute Gasteiger partial charge is 0.243 e. The van der Waals surface area contributed by atoms with E-state index in [1.54, 1.807) is 29.2 Å². The van der Waals surface area contributed by atoms with Gasteiger partial charge in [-0.15, -0.1) is 0 Å². The van der Waals surface area contributed by atoms with Crippen molar-refractivity contribution in [3.63, 3.8) is 0 Å². The third-order valence-corrected chi connectivity index (χ3v) is 7.08. The van der Waals surface area contributed by atoms with Gasteiger partial charge in [-0.25, -0.2) is 0 Å². The molecule has 10 nitrogen and oxygen atoms in total. The number of fused-ring (bicyclic) bond motifs is 1. The number of benzene rings is 2. The summed E-state index contributed by atoms with van der Waals surface area (Å²) in [7, 11) is 0. The third-order valence-electron chi connectivity index (χ3n) is 6.82. The standard InChI is InChI=1S/C26H30ClN5O5/c27-19-2-4-20(5-3-19)29-24(33)14-21-26(35)28-7-8-32(21)25(34)16-31-11-9-30(10-12-31)15-18-1-6-22-23(13-18)37-17-36-22/h1-6,13,21H,7-12,14-17H2,(H,28,35)(H,29,33)/t21-/m1/s1. The van der Waals surface area contributed by atoms with Crippen molar-refractivity contribution in [2.45, 2.75) is 19.0 Å². The molecular formula is C26H30ClN5O5. The fourth-order valence-corrected chi connectivity index (χ4v) is 4.95. The average molecular weight is 528 g/mol. The zero-order chi connectivity index (χ0) is 25.8. The molecule has 3 aliphatic heterocycles. The SMILES string of the molecule is O=C(C[C@@H]1C(=O)NCCN1C(=O)CN1CCN(Cc2ccc3c(c2)OCO3)CC1)Nc1ccc(Cl)cc1. The molecule has 2 fully saturated rings. The number of carbonyl (C=O) groups is 3. The highest BCUT2D eigenvalue weighted by Gasteiger charge is 2.35. The number of piperazine rings is 2. The highest BCUT2D eigenvalue weighted by molar-refractivity contribution is 6.30. The second-order valence-corrected chi connectivity index (χ2v) is 9.83. The Balaban J connectivity index is 1.11. The van der Waals surface area contributed by atoms with E-state index in [4.69, 9.17) is 21.1 Å². The van der Waals surface area contributed by atoms with Gasteiger partial charge in [-0.2, -0.15) is 0 Å². The first-order valence-electron chi connectivity index (χ1n) is 12.4. The summed E-state index contributed by atoms with van der Waals surface area (Å²) in [5, 5.41) is 6.11. The Hall–Kier alpha value is -3.34. The monoisotopic (exact) mass is 527 g/mol. The summed E-state index contributed by atoms with van der Waals surface area (Å²) >= 11 is 5.89. The molecule has 0 radical (unpaired) electrons. The molecule has 3 amide bonds. The molecule has 0 unspecified atom stereocenters. The highest BCUT2D eigenvalue weighted by atomic mass is 35.5. The lowest BCUT2D eigenvalue weighted by Crippen LogP contribution is -2.60. The van der Waals surface area contributed by atoms with E-state index in [1.165, 1.54) is 0 Å². The van der Waals surface area contributed by atoms with Crippen LogP contribution in [0.25, 0.3) is 0 Å². The quantitative estimate of drug-likeness (QED) is 0.563. The van der Waals surface area contributed by atoms with E-state index in [1.807, 2.05) is 18.2 Å². The summed E-state index contributed by atoms with van der Waals surface area (Å²) in [5.74, 6) is 0.782. The van der Waals surface area contributed by atoms with Crippen LogP contribution in [-0.4, -0.2) is 91.1 Å². The van der Waals surface area contributed by atoms with Gasteiger partial charge < -0.3 is 25.0 Å². The summed E-state index contributed by atoms with van der Waals surface area (Å²) in [5.41, 5.74) is 1.75. The Bertz CT molecular complexity index is 1150. The van der Waals surface area contributed by atoms with Gasteiger partial charge >= 0.3 is 0 Å². The van der Waals surface area contributed by atoms with Crippen molar-refractivity contribution in [1.29, 1.82) is 0 Å². The van der Waals surface area contributed by atoms with Crippen molar-refractivity contribution in [1.82, 2.24) is 20.0 Å². The number of hydrogen-bond donors (Lipinski definition) is 2. The van der Waals surface area contributed by atoms with E-state index in [0.29, 0.717) is 23.8 Å². The molecule has 0 saturated carbocycles. The Labute approximate surface area is 220 Å². The number of nitrogens with zero attached hydrogens (tertiary/aromatic N) is 3. The maximum atomic E-state index is 13.2. The summed E-state index contributed by atoms with van der Waals surface area (Å²) in [6, 6.07) is 11.9. The fourth-order valence-electron chi connectivity index (χ4n) is 4.82. The number of halogens is 1. The zero-order valence-electron chi connectivity index (χ0n) is 20.5. The third kappa shape index (κ3) is 6.33. The lowest BCUT2D eigenvalue weighted by molar-refractivity contribution is -0.145. The maximum absolute atomic E-state index is 13.2. The second kappa shape index (κ2) is 11.4. The van der Waals surface area contributed by atoms with Crippen LogP contribution >= 0.6 is 11.6 Å². The van der Waals surface area contributed by atoms with Crippen molar-refractivity contribution in [2.24, 2.45) is 0 Å². The van der Waals surface area contributed by atoms with Crippen molar-refractivity contribution in [3.8, 4) is 11.5 Å². The van der Waals surface area contributed by atoms with Gasteiger partial charge in [0.25, 0.3) is 0 Å². The number of anilines is 1. The number of carbonyl (C=O) groups excluding carboxylic acids is 3. The Morgan fingerprint density at radius 2 is 1.70 bits per heavy atom. The van der Waals surface area contributed by atoms with Gasteiger partial charge in [0, 0.05) is 56.5 Å². The average Bonchev–Trinajstić information content (AvgIpc) is 3.36. The molecule has 0 bridgehead atoms. The molecule has 0 aromatic heterocycles. The largest absolute Gasteiger partial charge is 0.454 e. The molecule has 196 valence electrons. The van der Waals surface area contributed by atoms with Crippen LogP contribution in [0.1, 0.15) is 12.0 Å². The zero-order valence-corrected chi connectivity index (χ0v) is 21.2. The minimum atomic E-state index is -0.833. The molecule has 2 aromatic rings. The van der Waals surface area contributed by atoms with Crippen LogP contribution in [0.2, 0.25) is 5.02 Å². The van der Waals surface area contributed by atoms with Crippen LogP contribution in [0.5, 0.6) is 11.5 Å². The summed E-state index contributed by atoms with van der Waals surface area (Å²) in [6.45, 7) is 5.20. The number of hydrogen-bond acceptors (Lipinski definition) is 7. The molecule has 37 heavy (non-hydrogen) atoms. The maximum Gasteiger partial charge on any atom is 0.243 e. The van der Waals surface area contributed by atoms with Crippen LogP contribution in [-0.2, 0) is 20.9 Å². The van der Waals surface area contributed by atoms with Crippen molar-refractivity contribution in [3.05, 3.63) is 53.1 Å². The first-order valence-corrected chi connectivity index (χ1v) is 12.8. The molecule has 3 heterocycles. The Morgan fingerprint density at radius 1 is 0.973 bits per heavy atom. The molecule has 2 aromatic carbocycles. The molecule has 11 heteroatoms. The van der Waals surface area contributed by atoms with Crippen LogP contribution in [0.3, 0.4) is 0 Å². The van der Waals surface area contributed by atoms with E-state index in [2.05, 4.69) is 20.4 Å². The molecule has 0 spiro atoms. The number of rotatable bonds is 7. The van der Waals surface area contributed by atoms with Gasteiger partial charge in [0.2, 0.25) is 24.5 Å². The molecular weight excluding hydrogens is 498 g/mol. The number of ether oxygens (including phenoxy) is 2. The van der Waals surface area contributed by atoms with Crippen LogP contribution in [0.4, 0.5) is 5.69 Å². The minimum Gasteiger partial charge on any atom is -0.454 e. The Morgan fingerprint density at radius 3 is 2.49 bits per heavy atom. The van der Waals surface area contributed by atoms with Crippen molar-refractivity contribution in [2.75, 3.05) is 57.9 Å². The van der Waals surface area contributed by atoms with E-state index in [0.717, 1.165) is 49.8 Å². The summed E-state index contributed by atoms with van der Waals surface area (Å²) < 4.78 is 10.9. The van der Waals surface area contributed by atoms with E-state index < -0.39 is 6.04 Å². The van der Waals surface area contributed by atoms with Crippen molar-refractivity contribution >= 4 is 35.0 Å². The lowest BCUT2D eigenvalue weighted by atomic mass is 10.1. The number of nitrogens with one attached hydrogen (secondary N) is 2. The van der Waals surface area contributed by atoms with E-state index in [9.17, 15) is 14.4 Å². The molecule has 3 aliphatic rings. The highest BCUT2D eigenvalue weighted by Crippen LogP contribution is 2.32. The van der Waals surface area contributed by atoms with Gasteiger partial charge in [0.15, 0.2) is 11.5 Å². The second-order valence-electron chi connectivity index (χ2n) is 9.39. The van der Waals surface area contributed by atoms with Crippen molar-refractivity contribution < 1.29 is 23.9 Å². The lowest BCUT2D eigenvalue weighted by Gasteiger charge is -2.38. The summed E-state index contributed by atoms with van der Waals surface area (Å²) in [6.07, 6.45) is -0.108. The van der Waals surface area contributed by atoms with Gasteiger partial charge in [-0.05, 0) is 42.0 Å². The van der Waals surface area contributed by atoms with Gasteiger partial charge in [-0.1, -0.05) is 17.7 Å². The van der Waals surface area contributed by atoms with Gasteiger partial charge in [0.05, 0.1) is 13.0 Å². The Kier molecular flexibility index (Phi) is 7.78. The van der Waals surface area contributed by atoms with Gasteiger partial charge in [-0.3, -0.25) is 24.2 Å². The molecule has 5 rings (SSSR count). The van der Waals surface area contributed by atoms with Crippen LogP contribution in [0.15, 0.2) is 42.5 Å². The topological polar surface area (TPSA) is 103 Å². The summed E-state index contributed by atoms with van der Waals surface area (Å²) in [4.78, 5) is 44.4. The molecule has 2 N–H and O–H groups in total. The minimum absolute atomic E-state index is 0.108. The molecule has 0 aliphatic carbocycles. The van der Waals surface area contributed by atoms with E-state index in [-0.39, 0.29) is 37.5 Å². The fraction of sp³-hybridized carbons (Fsp3) is 0.423. The first-order chi connectivity index (χ1) is 17.9. The molecule has 1 atom stereocenters. The molecule has 2 saturated heterocycles. The number of amides is 3. The predicted octanol–water partition coefficient (Wildman–Crippen LogP) is 1.54. The predicted molar refractivity (Wildman–Crippen MR) is 137 cm³/mol. The van der Waals surface area contributed by atoms with E-state index >= 15 is 0 Å². The van der Waals surface area contributed by atoms with Crippen LogP contribution < -0.4 is 20.1 Å². The first kappa shape index (κ1) is 25.3. The normalized spacial score (nSPS) is 20.0. The van der Waals surface area contributed by atoms with Gasteiger partial charge in [0.1, 0.15) is 6.04 Å².